The van der Waals surface area contributed by atoms with Crippen LogP contribution in [0.4, 0.5) is 4.39 Å². The van der Waals surface area contributed by atoms with Crippen molar-refractivity contribution in [2.45, 2.75) is 50.6 Å². The highest BCUT2D eigenvalue weighted by Gasteiger charge is 2.30. The first-order chi connectivity index (χ1) is 13.7. The van der Waals surface area contributed by atoms with Crippen molar-refractivity contribution in [3.05, 3.63) is 70.3 Å². The van der Waals surface area contributed by atoms with E-state index in [0.717, 1.165) is 65.8 Å². The molecule has 2 aromatic heterocycles. The molecule has 1 aromatic carbocycles. The lowest BCUT2D eigenvalue weighted by Gasteiger charge is -2.28. The SMILES string of the molecule is Fc1ccc(C2CCC(c3nnc4n3-c3ccc(Cl)cc3CNC4)CC2)nc1. The molecule has 1 aliphatic carbocycles. The van der Waals surface area contributed by atoms with Gasteiger partial charge in [0.25, 0.3) is 0 Å². The summed E-state index contributed by atoms with van der Waals surface area (Å²) in [6.07, 6.45) is 5.42. The minimum atomic E-state index is -0.282. The van der Waals surface area contributed by atoms with E-state index in [2.05, 4.69) is 31.1 Å². The van der Waals surface area contributed by atoms with Crippen LogP contribution in [0.2, 0.25) is 5.02 Å². The quantitative estimate of drug-likeness (QED) is 0.691. The summed E-state index contributed by atoms with van der Waals surface area (Å²) in [7, 11) is 0. The van der Waals surface area contributed by atoms with Gasteiger partial charge in [-0.1, -0.05) is 11.6 Å². The average molecular weight is 398 g/mol. The Hall–Kier alpha value is -2.31. The first kappa shape index (κ1) is 17.8. The molecule has 28 heavy (non-hydrogen) atoms. The number of fused-ring (bicyclic) bond motifs is 3. The molecule has 0 radical (unpaired) electrons. The summed E-state index contributed by atoms with van der Waals surface area (Å²) >= 11 is 6.21. The Morgan fingerprint density at radius 2 is 1.82 bits per heavy atom. The van der Waals surface area contributed by atoms with Crippen LogP contribution < -0.4 is 5.32 Å². The summed E-state index contributed by atoms with van der Waals surface area (Å²) in [6, 6.07) is 9.32. The number of hydrogen-bond donors (Lipinski definition) is 1. The van der Waals surface area contributed by atoms with Gasteiger partial charge in [-0.2, -0.15) is 0 Å². The van der Waals surface area contributed by atoms with Crippen LogP contribution in [0.3, 0.4) is 0 Å². The van der Waals surface area contributed by atoms with Gasteiger partial charge in [0.15, 0.2) is 5.82 Å². The largest absolute Gasteiger partial charge is 0.306 e. The third-order valence-electron chi connectivity index (χ3n) is 5.90. The Morgan fingerprint density at radius 3 is 2.61 bits per heavy atom. The molecule has 0 unspecified atom stereocenters. The molecule has 0 bridgehead atoms. The van der Waals surface area contributed by atoms with Gasteiger partial charge < -0.3 is 5.32 Å². The Bertz CT molecular complexity index is 993. The van der Waals surface area contributed by atoms with E-state index in [1.807, 2.05) is 18.2 Å². The predicted molar refractivity (Wildman–Crippen MR) is 105 cm³/mol. The predicted octanol–water partition coefficient (Wildman–Crippen LogP) is 4.50. The molecule has 1 aliphatic heterocycles. The van der Waals surface area contributed by atoms with E-state index >= 15 is 0 Å². The van der Waals surface area contributed by atoms with Crippen molar-refractivity contribution >= 4 is 11.6 Å². The summed E-state index contributed by atoms with van der Waals surface area (Å²) in [5, 5.41) is 13.2. The van der Waals surface area contributed by atoms with Crippen LogP contribution in [0, 0.1) is 5.82 Å². The Labute approximate surface area is 168 Å². The zero-order valence-electron chi connectivity index (χ0n) is 15.4. The number of nitrogens with zero attached hydrogens (tertiary/aromatic N) is 4. The topological polar surface area (TPSA) is 55.6 Å². The minimum absolute atomic E-state index is 0.282. The molecule has 5 rings (SSSR count). The van der Waals surface area contributed by atoms with Crippen molar-refractivity contribution in [3.63, 3.8) is 0 Å². The van der Waals surface area contributed by atoms with Crippen LogP contribution >= 0.6 is 11.6 Å². The number of aromatic nitrogens is 4. The van der Waals surface area contributed by atoms with Crippen molar-refractivity contribution in [1.29, 1.82) is 0 Å². The molecule has 144 valence electrons. The third-order valence-corrected chi connectivity index (χ3v) is 6.13. The normalized spacial score (nSPS) is 21.6. The molecule has 0 saturated heterocycles. The lowest BCUT2D eigenvalue weighted by molar-refractivity contribution is 0.377. The second kappa shape index (κ2) is 7.26. The van der Waals surface area contributed by atoms with Crippen molar-refractivity contribution < 1.29 is 4.39 Å². The highest BCUT2D eigenvalue weighted by atomic mass is 35.5. The molecule has 1 saturated carbocycles. The molecule has 5 nitrogen and oxygen atoms in total. The fourth-order valence-electron chi connectivity index (χ4n) is 4.47. The van der Waals surface area contributed by atoms with E-state index in [0.29, 0.717) is 18.4 Å². The number of pyridine rings is 1. The zero-order valence-corrected chi connectivity index (χ0v) is 16.2. The van der Waals surface area contributed by atoms with Gasteiger partial charge >= 0.3 is 0 Å². The molecule has 3 heterocycles. The molecule has 1 N–H and O–H groups in total. The smallest absolute Gasteiger partial charge is 0.151 e. The molecular weight excluding hydrogens is 377 g/mol. The highest BCUT2D eigenvalue weighted by molar-refractivity contribution is 6.30. The Balaban J connectivity index is 1.41. The third kappa shape index (κ3) is 3.20. The fraction of sp³-hybridized carbons (Fsp3) is 0.381. The number of nitrogens with one attached hydrogen (secondary N) is 1. The summed E-state index contributed by atoms with van der Waals surface area (Å²) in [4.78, 5) is 4.28. The highest BCUT2D eigenvalue weighted by Crippen LogP contribution is 2.40. The average Bonchev–Trinajstić information content (AvgIpc) is 3.04. The van der Waals surface area contributed by atoms with E-state index < -0.39 is 0 Å². The number of rotatable bonds is 2. The van der Waals surface area contributed by atoms with Gasteiger partial charge in [0.05, 0.1) is 18.4 Å². The maximum absolute atomic E-state index is 13.1. The molecule has 0 spiro atoms. The van der Waals surface area contributed by atoms with Crippen LogP contribution in [0.1, 0.15) is 60.4 Å². The van der Waals surface area contributed by atoms with E-state index in [1.165, 1.54) is 12.3 Å². The number of halogens is 2. The summed E-state index contributed by atoms with van der Waals surface area (Å²) in [5.41, 5.74) is 3.27. The van der Waals surface area contributed by atoms with Crippen molar-refractivity contribution in [2.75, 3.05) is 0 Å². The van der Waals surface area contributed by atoms with Gasteiger partial charge in [-0.3, -0.25) is 9.55 Å². The Kier molecular flexibility index (Phi) is 4.61. The first-order valence-corrected chi connectivity index (χ1v) is 10.1. The van der Waals surface area contributed by atoms with Gasteiger partial charge in [-0.05, 0) is 61.6 Å². The van der Waals surface area contributed by atoms with Crippen LogP contribution in [0.5, 0.6) is 0 Å². The van der Waals surface area contributed by atoms with Gasteiger partial charge in [0, 0.05) is 29.1 Å². The molecule has 2 aliphatic rings. The van der Waals surface area contributed by atoms with Crippen LogP contribution in [-0.2, 0) is 13.1 Å². The van der Waals surface area contributed by atoms with Crippen LogP contribution in [-0.4, -0.2) is 19.7 Å². The molecule has 0 atom stereocenters. The van der Waals surface area contributed by atoms with Crippen molar-refractivity contribution in [3.8, 4) is 5.69 Å². The van der Waals surface area contributed by atoms with Crippen molar-refractivity contribution in [1.82, 2.24) is 25.1 Å². The summed E-state index contributed by atoms with van der Waals surface area (Å²) < 4.78 is 15.4. The van der Waals surface area contributed by atoms with E-state index in [4.69, 9.17) is 11.6 Å². The summed E-state index contributed by atoms with van der Waals surface area (Å²) in [5.74, 6) is 2.44. The zero-order chi connectivity index (χ0) is 19.1. The molecule has 1 fully saturated rings. The molecule has 3 aromatic rings. The van der Waals surface area contributed by atoms with Crippen molar-refractivity contribution in [2.24, 2.45) is 0 Å². The minimum Gasteiger partial charge on any atom is -0.306 e. The van der Waals surface area contributed by atoms with Gasteiger partial charge in [-0.25, -0.2) is 4.39 Å². The number of hydrogen-bond acceptors (Lipinski definition) is 4. The lowest BCUT2D eigenvalue weighted by Crippen LogP contribution is -2.17. The molecular formula is C21H21ClFN5. The summed E-state index contributed by atoms with van der Waals surface area (Å²) in [6.45, 7) is 1.45. The monoisotopic (exact) mass is 397 g/mol. The first-order valence-electron chi connectivity index (χ1n) is 9.74. The second-order valence-corrected chi connectivity index (χ2v) is 8.07. The van der Waals surface area contributed by atoms with Gasteiger partial charge in [-0.15, -0.1) is 10.2 Å². The molecule has 7 heteroatoms. The Morgan fingerprint density at radius 1 is 1.00 bits per heavy atom. The van der Waals surface area contributed by atoms with E-state index in [-0.39, 0.29) is 5.82 Å². The maximum Gasteiger partial charge on any atom is 0.151 e. The molecule has 0 amide bonds. The van der Waals surface area contributed by atoms with E-state index in [9.17, 15) is 4.39 Å². The van der Waals surface area contributed by atoms with Crippen LogP contribution in [0.15, 0.2) is 36.5 Å². The number of benzene rings is 1. The van der Waals surface area contributed by atoms with Gasteiger partial charge in [0.1, 0.15) is 11.6 Å². The lowest BCUT2D eigenvalue weighted by atomic mass is 9.80. The van der Waals surface area contributed by atoms with Gasteiger partial charge in [0.2, 0.25) is 0 Å². The maximum atomic E-state index is 13.1. The second-order valence-electron chi connectivity index (χ2n) is 7.64. The van der Waals surface area contributed by atoms with Crippen LogP contribution in [0.25, 0.3) is 5.69 Å². The van der Waals surface area contributed by atoms with E-state index in [1.54, 1.807) is 0 Å². The standard InChI is InChI=1S/C21H21ClFN5/c22-16-5-8-19-15(9-16)10-24-12-20-26-27-21(28(19)20)14-3-1-13(2-4-14)18-7-6-17(23)11-25-18/h5-9,11,13-14,24H,1-4,10,12H2. The fourth-order valence-corrected chi connectivity index (χ4v) is 4.67.